The maximum atomic E-state index is 13.9. The van der Waals surface area contributed by atoms with Crippen molar-refractivity contribution < 1.29 is 13.6 Å². The molecule has 4 heteroatoms. The molecule has 0 fully saturated rings. The van der Waals surface area contributed by atoms with E-state index < -0.39 is 5.92 Å². The van der Waals surface area contributed by atoms with Crippen LogP contribution in [0.3, 0.4) is 0 Å². The first-order chi connectivity index (χ1) is 14.7. The van der Waals surface area contributed by atoms with Crippen LogP contribution in [0.25, 0.3) is 0 Å². The van der Waals surface area contributed by atoms with Gasteiger partial charge in [0.15, 0.2) is 0 Å². The second-order valence-electron chi connectivity index (χ2n) is 7.15. The Morgan fingerprint density at radius 3 is 1.90 bits per heavy atom. The van der Waals surface area contributed by atoms with Gasteiger partial charge in [0.2, 0.25) is 5.91 Å². The Labute approximate surface area is 175 Å². The van der Waals surface area contributed by atoms with Crippen LogP contribution < -0.4 is 0 Å². The van der Waals surface area contributed by atoms with E-state index in [2.05, 4.69) is 0 Å². The molecule has 4 aromatic rings. The molecule has 1 aromatic heterocycles. The number of carbonyl (C=O) groups is 1. The summed E-state index contributed by atoms with van der Waals surface area (Å²) in [6.45, 7) is 0.690. The van der Waals surface area contributed by atoms with Crippen molar-refractivity contribution in [3.8, 4) is 0 Å². The van der Waals surface area contributed by atoms with Gasteiger partial charge in [-0.25, -0.2) is 4.39 Å². The number of halogens is 1. The molecule has 3 nitrogen and oxygen atoms in total. The lowest BCUT2D eigenvalue weighted by Crippen LogP contribution is -2.34. The Bertz CT molecular complexity index is 1020. The summed E-state index contributed by atoms with van der Waals surface area (Å²) < 4.78 is 18.9. The molecule has 0 bridgehead atoms. The summed E-state index contributed by atoms with van der Waals surface area (Å²) in [6.07, 6.45) is 1.60. The summed E-state index contributed by atoms with van der Waals surface area (Å²) in [6, 6.07) is 29.4. The Balaban J connectivity index is 1.70. The molecule has 0 unspecified atom stereocenters. The Morgan fingerprint density at radius 1 is 0.767 bits per heavy atom. The van der Waals surface area contributed by atoms with E-state index in [1.807, 2.05) is 72.8 Å². The molecule has 0 radical (unpaired) electrons. The van der Waals surface area contributed by atoms with E-state index >= 15 is 0 Å². The normalized spacial score (nSPS) is 10.9. The Hall–Kier alpha value is -3.66. The largest absolute Gasteiger partial charge is 0.467 e. The van der Waals surface area contributed by atoms with Crippen molar-refractivity contribution in [3.05, 3.63) is 132 Å². The number of rotatable bonds is 7. The SMILES string of the molecule is O=C(C(c1ccccc1)c1ccccc1)N(Cc1ccc(F)cc1)Cc1ccco1. The Morgan fingerprint density at radius 2 is 1.37 bits per heavy atom. The highest BCUT2D eigenvalue weighted by Crippen LogP contribution is 2.28. The minimum absolute atomic E-state index is 0.0341. The van der Waals surface area contributed by atoms with Crippen molar-refractivity contribution in [2.24, 2.45) is 0 Å². The summed E-state index contributed by atoms with van der Waals surface area (Å²) in [5.74, 6) is -0.0737. The number of hydrogen-bond acceptors (Lipinski definition) is 2. The smallest absolute Gasteiger partial charge is 0.235 e. The number of furan rings is 1. The van der Waals surface area contributed by atoms with E-state index in [1.165, 1.54) is 12.1 Å². The van der Waals surface area contributed by atoms with E-state index in [0.717, 1.165) is 16.7 Å². The minimum Gasteiger partial charge on any atom is -0.467 e. The highest BCUT2D eigenvalue weighted by atomic mass is 19.1. The van der Waals surface area contributed by atoms with E-state index in [-0.39, 0.29) is 11.7 Å². The summed E-state index contributed by atoms with van der Waals surface area (Å²) in [4.78, 5) is 15.6. The predicted molar refractivity (Wildman–Crippen MR) is 114 cm³/mol. The first kappa shape index (κ1) is 19.6. The average molecular weight is 399 g/mol. The first-order valence-electron chi connectivity index (χ1n) is 9.86. The van der Waals surface area contributed by atoms with Gasteiger partial charge >= 0.3 is 0 Å². The zero-order valence-corrected chi connectivity index (χ0v) is 16.4. The number of nitrogens with zero attached hydrogens (tertiary/aromatic N) is 1. The fraction of sp³-hybridized carbons (Fsp3) is 0.115. The number of benzene rings is 3. The minimum atomic E-state index is -0.442. The van der Waals surface area contributed by atoms with Crippen LogP contribution in [0.5, 0.6) is 0 Å². The molecule has 150 valence electrons. The van der Waals surface area contributed by atoms with Crippen molar-refractivity contribution in [2.75, 3.05) is 0 Å². The molecule has 0 atom stereocenters. The fourth-order valence-corrected chi connectivity index (χ4v) is 3.56. The standard InChI is InChI=1S/C26H22FNO2/c27-23-15-13-20(14-16-23)18-28(19-24-12-7-17-30-24)26(29)25(21-8-3-1-4-9-21)22-10-5-2-6-11-22/h1-17,25H,18-19H2. The van der Waals surface area contributed by atoms with Gasteiger partial charge in [-0.2, -0.15) is 0 Å². The Kier molecular flexibility index (Phi) is 6.04. The topological polar surface area (TPSA) is 33.5 Å². The molecule has 30 heavy (non-hydrogen) atoms. The highest BCUT2D eigenvalue weighted by Gasteiger charge is 2.28. The lowest BCUT2D eigenvalue weighted by atomic mass is 9.90. The zero-order valence-electron chi connectivity index (χ0n) is 16.4. The van der Waals surface area contributed by atoms with Gasteiger partial charge in [-0.15, -0.1) is 0 Å². The van der Waals surface area contributed by atoms with Gasteiger partial charge in [-0.1, -0.05) is 72.8 Å². The van der Waals surface area contributed by atoms with Crippen LogP contribution in [0.1, 0.15) is 28.4 Å². The molecule has 0 aliphatic heterocycles. The van der Waals surface area contributed by atoms with Crippen LogP contribution in [0, 0.1) is 5.82 Å². The maximum Gasteiger partial charge on any atom is 0.235 e. The molecular weight excluding hydrogens is 377 g/mol. The van der Waals surface area contributed by atoms with Crippen molar-refractivity contribution in [1.82, 2.24) is 4.90 Å². The summed E-state index contributed by atoms with van der Waals surface area (Å²) in [5, 5.41) is 0. The number of carbonyl (C=O) groups excluding carboxylic acids is 1. The quantitative estimate of drug-likeness (QED) is 0.395. The van der Waals surface area contributed by atoms with Crippen LogP contribution in [-0.4, -0.2) is 10.8 Å². The molecule has 0 saturated carbocycles. The van der Waals surface area contributed by atoms with Crippen LogP contribution in [0.2, 0.25) is 0 Å². The van der Waals surface area contributed by atoms with Crippen LogP contribution >= 0.6 is 0 Å². The lowest BCUT2D eigenvalue weighted by molar-refractivity contribution is -0.133. The monoisotopic (exact) mass is 399 g/mol. The average Bonchev–Trinajstić information content (AvgIpc) is 3.30. The molecule has 1 heterocycles. The summed E-state index contributed by atoms with van der Waals surface area (Å²) in [5.41, 5.74) is 2.71. The maximum absolute atomic E-state index is 13.9. The second-order valence-corrected chi connectivity index (χ2v) is 7.15. The van der Waals surface area contributed by atoms with Crippen LogP contribution in [-0.2, 0) is 17.9 Å². The van der Waals surface area contributed by atoms with E-state index in [9.17, 15) is 9.18 Å². The van der Waals surface area contributed by atoms with Gasteiger partial charge in [0.05, 0.1) is 18.7 Å². The molecule has 0 aliphatic carbocycles. The molecule has 0 spiro atoms. The van der Waals surface area contributed by atoms with Gasteiger partial charge < -0.3 is 9.32 Å². The van der Waals surface area contributed by atoms with Gasteiger partial charge in [0.25, 0.3) is 0 Å². The van der Waals surface area contributed by atoms with Gasteiger partial charge in [0.1, 0.15) is 11.6 Å². The van der Waals surface area contributed by atoms with Crippen LogP contribution in [0.15, 0.2) is 108 Å². The fourth-order valence-electron chi connectivity index (χ4n) is 3.56. The second kappa shape index (κ2) is 9.23. The third-order valence-corrected chi connectivity index (χ3v) is 5.04. The van der Waals surface area contributed by atoms with E-state index in [0.29, 0.717) is 18.8 Å². The molecule has 0 saturated heterocycles. The summed E-state index contributed by atoms with van der Waals surface area (Å²) >= 11 is 0. The van der Waals surface area contributed by atoms with E-state index in [1.54, 1.807) is 23.3 Å². The van der Waals surface area contributed by atoms with Crippen molar-refractivity contribution >= 4 is 5.91 Å². The van der Waals surface area contributed by atoms with Crippen molar-refractivity contribution in [3.63, 3.8) is 0 Å². The lowest BCUT2D eigenvalue weighted by Gasteiger charge is -2.27. The van der Waals surface area contributed by atoms with Gasteiger partial charge in [0, 0.05) is 6.54 Å². The molecule has 0 aliphatic rings. The third kappa shape index (κ3) is 4.66. The number of amides is 1. The van der Waals surface area contributed by atoms with Gasteiger partial charge in [-0.05, 0) is 41.0 Å². The molecule has 0 N–H and O–H groups in total. The van der Waals surface area contributed by atoms with Gasteiger partial charge in [-0.3, -0.25) is 4.79 Å². The third-order valence-electron chi connectivity index (χ3n) is 5.04. The molecular formula is C26H22FNO2. The zero-order chi connectivity index (χ0) is 20.8. The van der Waals surface area contributed by atoms with Crippen LogP contribution in [0.4, 0.5) is 4.39 Å². The first-order valence-corrected chi connectivity index (χ1v) is 9.86. The predicted octanol–water partition coefficient (Wildman–Crippen LogP) is 5.78. The number of hydrogen-bond donors (Lipinski definition) is 0. The molecule has 4 rings (SSSR count). The highest BCUT2D eigenvalue weighted by molar-refractivity contribution is 5.87. The van der Waals surface area contributed by atoms with Crippen molar-refractivity contribution in [1.29, 1.82) is 0 Å². The van der Waals surface area contributed by atoms with Crippen molar-refractivity contribution in [2.45, 2.75) is 19.0 Å². The summed E-state index contributed by atoms with van der Waals surface area (Å²) in [7, 11) is 0. The molecule has 1 amide bonds. The van der Waals surface area contributed by atoms with E-state index in [4.69, 9.17) is 4.42 Å². The molecule has 3 aromatic carbocycles.